The number of aliphatic hydroxyl groups excluding tert-OH is 1. The van der Waals surface area contributed by atoms with Crippen LogP contribution in [0.25, 0.3) is 38.7 Å². The van der Waals surface area contributed by atoms with Gasteiger partial charge in [-0.05, 0) is 141 Å². The molecule has 4 aromatic rings. The van der Waals surface area contributed by atoms with E-state index in [9.17, 15) is 9.90 Å². The maximum Gasteiger partial charge on any atom is 0.168 e. The molecule has 3 N–H and O–H groups in total. The lowest BCUT2D eigenvalue weighted by molar-refractivity contribution is -0.116. The number of aryl methyl sites for hydroxylation is 6. The highest BCUT2D eigenvalue weighted by atomic mass is 16.3. The van der Waals surface area contributed by atoms with Crippen LogP contribution < -0.4 is 21.4 Å². The third-order valence-electron chi connectivity index (χ3n) is 10.3. The molecule has 2 aromatic carbocycles. The monoisotopic (exact) mass is 658 g/mol. The number of aliphatic hydroxyl groups is 1. The number of fused-ring (bicyclic) bond motifs is 8. The Bertz CT molecular complexity index is 2470. The van der Waals surface area contributed by atoms with Gasteiger partial charge >= 0.3 is 0 Å². The summed E-state index contributed by atoms with van der Waals surface area (Å²) in [5, 5.41) is 25.5. The Morgan fingerprint density at radius 2 is 1.20 bits per heavy atom. The van der Waals surface area contributed by atoms with Crippen molar-refractivity contribution in [2.75, 3.05) is 0 Å². The van der Waals surface area contributed by atoms with Crippen LogP contribution in [0.15, 0.2) is 72.5 Å². The third-order valence-corrected chi connectivity index (χ3v) is 10.3. The van der Waals surface area contributed by atoms with Crippen LogP contribution in [0.1, 0.15) is 76.8 Å². The average Bonchev–Trinajstić information content (AvgIpc) is 3.82. The third kappa shape index (κ3) is 5.13. The van der Waals surface area contributed by atoms with Gasteiger partial charge in [-0.15, -0.1) is 0 Å². The van der Waals surface area contributed by atoms with Gasteiger partial charge in [0.1, 0.15) is 27.6 Å². The zero-order valence-electron chi connectivity index (χ0n) is 30.0. The second-order valence-electron chi connectivity index (χ2n) is 15.2. The summed E-state index contributed by atoms with van der Waals surface area (Å²) < 4.78 is 0. The van der Waals surface area contributed by atoms with Crippen LogP contribution in [0, 0.1) is 59.0 Å². The molecular formula is C44H42N4O2. The number of carbonyl (C=O) groups is 1. The first-order valence-electron chi connectivity index (χ1n) is 17.4. The Morgan fingerprint density at radius 1 is 0.680 bits per heavy atom. The first kappa shape index (κ1) is 31.8. The van der Waals surface area contributed by atoms with Gasteiger partial charge < -0.3 is 25.7 Å². The topological polar surface area (TPSA) is 97.1 Å². The predicted molar refractivity (Wildman–Crippen MR) is 202 cm³/mol. The van der Waals surface area contributed by atoms with Crippen molar-refractivity contribution in [3.63, 3.8) is 0 Å². The summed E-state index contributed by atoms with van der Waals surface area (Å²) >= 11 is 0. The number of carbonyl (C=O) groups excluding carboxylic acids is 1. The van der Waals surface area contributed by atoms with E-state index in [0.29, 0.717) is 24.0 Å². The van der Waals surface area contributed by atoms with Gasteiger partial charge in [0.15, 0.2) is 5.78 Å². The van der Waals surface area contributed by atoms with Crippen LogP contribution >= 0.6 is 0 Å². The first-order chi connectivity index (χ1) is 23.8. The van der Waals surface area contributed by atoms with E-state index in [0.717, 1.165) is 78.3 Å². The van der Waals surface area contributed by atoms with Gasteiger partial charge in [-0.3, -0.25) is 4.79 Å². The van der Waals surface area contributed by atoms with Crippen LogP contribution in [0.2, 0.25) is 0 Å². The Balaban J connectivity index is 1.49. The summed E-state index contributed by atoms with van der Waals surface area (Å²) in [6.07, 6.45) is 9.00. The molecule has 0 saturated heterocycles. The molecule has 2 aromatic heterocycles. The molecule has 0 saturated carbocycles. The second kappa shape index (κ2) is 11.3. The standard InChI is InChI=1S/C44H42N4O2/c1-22-15-24(3)38(25(4)16-22)41-32-12-9-29(45-32)30-10-14-34(46-30)42(39-26(5)17-23(2)18-27(39)6)43-28(19-35(48-43)31-11-13-33(41)47-31)40-36(49)20-44(7,8)21-37(40)50/h9-19,45,48H,20-21H2,1-8H3,(H,49,50)/b30-29-,35-31-,41-32+,43-42+. The van der Waals surface area contributed by atoms with Crippen molar-refractivity contribution in [2.24, 2.45) is 5.41 Å². The van der Waals surface area contributed by atoms with Crippen LogP contribution in [-0.4, -0.2) is 20.9 Å². The number of H-pyrrole nitrogens is 2. The quantitative estimate of drug-likeness (QED) is 0.204. The summed E-state index contributed by atoms with van der Waals surface area (Å²) in [6, 6.07) is 16.7. The minimum absolute atomic E-state index is 0.0629. The van der Waals surface area contributed by atoms with Crippen molar-refractivity contribution < 1.29 is 9.90 Å². The molecule has 250 valence electrons. The Hall–Kier alpha value is -5.49. The zero-order chi connectivity index (χ0) is 35.2. The number of ketones is 1. The number of Topliss-reactive ketones (excluding diaryl/α,β-unsaturated/α-hetero) is 1. The lowest BCUT2D eigenvalue weighted by atomic mass is 9.75. The molecule has 50 heavy (non-hydrogen) atoms. The van der Waals surface area contributed by atoms with Gasteiger partial charge in [0.05, 0.1) is 22.3 Å². The smallest absolute Gasteiger partial charge is 0.168 e. The molecule has 3 aliphatic heterocycles. The number of hydrogen-bond donors (Lipinski definition) is 3. The molecular weight excluding hydrogens is 617 g/mol. The fraction of sp³-hybridized carbons (Fsp3) is 0.250. The summed E-state index contributed by atoms with van der Waals surface area (Å²) in [6.45, 7) is 16.9. The van der Waals surface area contributed by atoms with E-state index in [4.69, 9.17) is 10.6 Å². The van der Waals surface area contributed by atoms with Gasteiger partial charge in [0, 0.05) is 41.8 Å². The van der Waals surface area contributed by atoms with Gasteiger partial charge in [0.25, 0.3) is 0 Å². The molecule has 0 unspecified atom stereocenters. The summed E-state index contributed by atoms with van der Waals surface area (Å²) in [7, 11) is 0. The SMILES string of the molecule is Cc1cc(C)c(/C2=c3\cc/c([nH]3)=C3\C=C[C+]([N-]3)/C(c3c(C)cc(C)cc3C)=c3\[nH]/c(cc3C3=C(O)CC(C)(C)CC3=O)=C3/C=C[C+]2[N-]3)c(C)c1. The molecule has 0 amide bonds. The Labute approximate surface area is 293 Å². The van der Waals surface area contributed by atoms with Gasteiger partial charge in [0.2, 0.25) is 0 Å². The molecule has 0 fully saturated rings. The Morgan fingerprint density at radius 3 is 1.78 bits per heavy atom. The maximum atomic E-state index is 14.0. The second-order valence-corrected chi connectivity index (χ2v) is 15.2. The molecule has 0 spiro atoms. The van der Waals surface area contributed by atoms with E-state index < -0.39 is 0 Å². The molecule has 0 radical (unpaired) electrons. The van der Waals surface area contributed by atoms with Crippen molar-refractivity contribution in [1.82, 2.24) is 9.97 Å². The van der Waals surface area contributed by atoms with Crippen molar-refractivity contribution in [3.8, 4) is 0 Å². The molecule has 8 bridgehead atoms. The number of benzene rings is 2. The van der Waals surface area contributed by atoms with E-state index in [1.165, 1.54) is 22.3 Å². The number of rotatable bonds is 3. The van der Waals surface area contributed by atoms with Crippen LogP contribution in [-0.2, 0) is 4.79 Å². The molecule has 5 heterocycles. The van der Waals surface area contributed by atoms with E-state index >= 15 is 0 Å². The molecule has 1 aliphatic carbocycles. The van der Waals surface area contributed by atoms with Gasteiger partial charge in [-0.25, -0.2) is 0 Å². The number of hydrogen-bond acceptors (Lipinski definition) is 2. The van der Waals surface area contributed by atoms with Crippen LogP contribution in [0.5, 0.6) is 0 Å². The summed E-state index contributed by atoms with van der Waals surface area (Å²) in [4.78, 5) is 21.4. The van der Waals surface area contributed by atoms with Crippen molar-refractivity contribution >= 4 is 33.9 Å². The minimum atomic E-state index is -0.326. The number of allylic oxidation sites excluding steroid dienone is 2. The molecule has 0 atom stereocenters. The van der Waals surface area contributed by atoms with Gasteiger partial charge in [-0.2, -0.15) is 0 Å². The largest absolute Gasteiger partial charge is 0.601 e. The lowest BCUT2D eigenvalue weighted by Gasteiger charge is -2.29. The van der Waals surface area contributed by atoms with E-state index in [1.54, 1.807) is 0 Å². The predicted octanol–water partition coefficient (Wildman–Crippen LogP) is 7.13. The Kier molecular flexibility index (Phi) is 7.16. The number of nitrogens with one attached hydrogen (secondary N) is 2. The number of aromatic nitrogens is 2. The van der Waals surface area contributed by atoms with E-state index in [2.05, 4.69) is 106 Å². The minimum Gasteiger partial charge on any atom is -0.601 e. The fourth-order valence-electron chi connectivity index (χ4n) is 8.50. The van der Waals surface area contributed by atoms with Crippen molar-refractivity contribution in [2.45, 2.75) is 68.2 Å². The maximum absolute atomic E-state index is 14.0. The highest BCUT2D eigenvalue weighted by Gasteiger charge is 2.36. The summed E-state index contributed by atoms with van der Waals surface area (Å²) in [5.41, 5.74) is 13.4. The molecule has 4 aliphatic rings. The molecule has 6 nitrogen and oxygen atoms in total. The first-order valence-corrected chi connectivity index (χ1v) is 17.4. The van der Waals surface area contributed by atoms with Gasteiger partial charge in [-0.1, -0.05) is 25.2 Å². The zero-order valence-corrected chi connectivity index (χ0v) is 30.0. The van der Waals surface area contributed by atoms with E-state index in [-0.39, 0.29) is 17.0 Å². The molecule has 6 heteroatoms. The van der Waals surface area contributed by atoms with Crippen LogP contribution in [0.3, 0.4) is 0 Å². The average molecular weight is 659 g/mol. The van der Waals surface area contributed by atoms with Crippen molar-refractivity contribution in [1.29, 1.82) is 0 Å². The van der Waals surface area contributed by atoms with Crippen molar-refractivity contribution in [3.05, 3.63) is 167 Å². The van der Waals surface area contributed by atoms with E-state index in [1.807, 2.05) is 26.0 Å². The number of aromatic amines is 2. The highest BCUT2D eigenvalue weighted by Crippen LogP contribution is 2.43. The number of nitrogens with zero attached hydrogens (tertiary/aromatic N) is 2. The highest BCUT2D eigenvalue weighted by molar-refractivity contribution is 6.22. The van der Waals surface area contributed by atoms with Crippen LogP contribution in [0.4, 0.5) is 0 Å². The summed E-state index contributed by atoms with van der Waals surface area (Å²) in [5.74, 6) is 0.0616. The fourth-order valence-corrected chi connectivity index (χ4v) is 8.50. The lowest BCUT2D eigenvalue weighted by Crippen LogP contribution is -2.28. The molecule has 8 rings (SSSR count). The normalized spacial score (nSPS) is 22.3.